The van der Waals surface area contributed by atoms with Crippen LogP contribution < -0.4 is 5.32 Å². The van der Waals surface area contributed by atoms with Crippen LogP contribution in [0.2, 0.25) is 0 Å². The summed E-state index contributed by atoms with van der Waals surface area (Å²) in [6.45, 7) is 0.476. The lowest BCUT2D eigenvalue weighted by atomic mass is 10.1. The highest BCUT2D eigenvalue weighted by atomic mass is 19.4. The Morgan fingerprint density at radius 2 is 1.72 bits per heavy atom. The molecule has 0 fully saturated rings. The summed E-state index contributed by atoms with van der Waals surface area (Å²) in [6, 6.07) is 20.3. The zero-order valence-electron chi connectivity index (χ0n) is 16.9. The normalized spacial score (nSPS) is 11.3. The molecule has 0 spiro atoms. The van der Waals surface area contributed by atoms with Gasteiger partial charge in [-0.2, -0.15) is 18.3 Å². The van der Waals surface area contributed by atoms with Crippen LogP contribution in [0.5, 0.6) is 0 Å². The summed E-state index contributed by atoms with van der Waals surface area (Å²) in [4.78, 5) is 16.4. The molecular formula is C24H19F3N4O. The second-order valence-electron chi connectivity index (χ2n) is 7.10. The van der Waals surface area contributed by atoms with Crippen molar-refractivity contribution >= 4 is 5.91 Å². The average Bonchev–Trinajstić information content (AvgIpc) is 3.27. The summed E-state index contributed by atoms with van der Waals surface area (Å²) >= 11 is 0. The predicted molar refractivity (Wildman–Crippen MR) is 114 cm³/mol. The number of nitrogens with zero attached hydrogens (tertiary/aromatic N) is 3. The molecule has 32 heavy (non-hydrogen) atoms. The first-order valence-corrected chi connectivity index (χ1v) is 9.92. The van der Waals surface area contributed by atoms with Crippen molar-refractivity contribution in [3.63, 3.8) is 0 Å². The Morgan fingerprint density at radius 3 is 2.38 bits per heavy atom. The molecule has 0 aliphatic rings. The van der Waals surface area contributed by atoms with Gasteiger partial charge in [-0.05, 0) is 54.4 Å². The number of aromatic nitrogens is 3. The molecule has 0 saturated carbocycles. The van der Waals surface area contributed by atoms with Crippen LogP contribution in [0.3, 0.4) is 0 Å². The van der Waals surface area contributed by atoms with Gasteiger partial charge >= 0.3 is 6.18 Å². The van der Waals surface area contributed by atoms with Crippen LogP contribution in [0.4, 0.5) is 13.2 Å². The first-order chi connectivity index (χ1) is 15.4. The number of carbonyl (C=O) groups excluding carboxylic acids is 1. The fraction of sp³-hybridized carbons (Fsp3) is 0.125. The number of alkyl halides is 3. The minimum atomic E-state index is -4.58. The van der Waals surface area contributed by atoms with Crippen molar-refractivity contribution in [3.8, 4) is 16.9 Å². The lowest BCUT2D eigenvalue weighted by molar-refractivity contribution is -0.141. The molecule has 0 saturated heterocycles. The average molecular weight is 436 g/mol. The Kier molecular flexibility index (Phi) is 6.02. The van der Waals surface area contributed by atoms with E-state index in [9.17, 15) is 18.0 Å². The Labute approximate surface area is 182 Å². The van der Waals surface area contributed by atoms with E-state index in [2.05, 4.69) is 15.4 Å². The summed E-state index contributed by atoms with van der Waals surface area (Å²) in [6.07, 6.45) is -0.865. The molecule has 162 valence electrons. The molecule has 0 atom stereocenters. The van der Waals surface area contributed by atoms with Crippen LogP contribution in [0.25, 0.3) is 16.9 Å². The zero-order valence-corrected chi connectivity index (χ0v) is 16.9. The predicted octanol–water partition coefficient (Wildman–Crippen LogP) is 4.93. The second-order valence-corrected chi connectivity index (χ2v) is 7.10. The fourth-order valence-electron chi connectivity index (χ4n) is 3.26. The van der Waals surface area contributed by atoms with Crippen molar-refractivity contribution in [1.82, 2.24) is 20.1 Å². The van der Waals surface area contributed by atoms with Gasteiger partial charge in [0.05, 0.1) is 11.4 Å². The number of halogens is 3. The third-order valence-corrected chi connectivity index (χ3v) is 4.87. The minimum absolute atomic E-state index is 0.253. The van der Waals surface area contributed by atoms with Gasteiger partial charge in [-0.3, -0.25) is 9.78 Å². The van der Waals surface area contributed by atoms with E-state index in [-0.39, 0.29) is 11.6 Å². The molecule has 4 rings (SSSR count). The summed E-state index contributed by atoms with van der Waals surface area (Å²) in [5.41, 5.74) is 1.68. The Bertz CT molecular complexity index is 1190. The SMILES string of the molecule is O=C(NCCc1ccccc1)c1ccc(-n2nc(C(F)(F)F)cc2-c2cccnc2)cc1. The maximum atomic E-state index is 13.3. The maximum absolute atomic E-state index is 13.3. The monoisotopic (exact) mass is 436 g/mol. The molecule has 0 aliphatic heterocycles. The number of pyridine rings is 1. The first-order valence-electron chi connectivity index (χ1n) is 9.92. The van der Waals surface area contributed by atoms with E-state index in [0.29, 0.717) is 29.8 Å². The van der Waals surface area contributed by atoms with Gasteiger partial charge in [-0.15, -0.1) is 0 Å². The summed E-state index contributed by atoms with van der Waals surface area (Å²) < 4.78 is 41.0. The van der Waals surface area contributed by atoms with Gasteiger partial charge in [0.1, 0.15) is 0 Å². The van der Waals surface area contributed by atoms with Gasteiger partial charge < -0.3 is 5.32 Å². The molecular weight excluding hydrogens is 417 g/mol. The van der Waals surface area contributed by atoms with Gasteiger partial charge in [0.2, 0.25) is 0 Å². The molecule has 2 aromatic carbocycles. The molecule has 1 amide bonds. The van der Waals surface area contributed by atoms with E-state index >= 15 is 0 Å². The van der Waals surface area contributed by atoms with E-state index in [1.54, 1.807) is 42.6 Å². The number of amides is 1. The number of nitrogens with one attached hydrogen (secondary N) is 1. The van der Waals surface area contributed by atoms with Crippen LogP contribution in [0, 0.1) is 0 Å². The van der Waals surface area contributed by atoms with Crippen molar-refractivity contribution in [2.75, 3.05) is 6.54 Å². The molecule has 0 radical (unpaired) electrons. The summed E-state index contributed by atoms with van der Waals surface area (Å²) in [7, 11) is 0. The van der Waals surface area contributed by atoms with E-state index in [4.69, 9.17) is 0 Å². The smallest absolute Gasteiger partial charge is 0.352 e. The zero-order chi connectivity index (χ0) is 22.6. The Hall–Kier alpha value is -3.94. The number of hydrogen-bond donors (Lipinski definition) is 1. The molecule has 1 N–H and O–H groups in total. The van der Waals surface area contributed by atoms with Crippen molar-refractivity contribution in [1.29, 1.82) is 0 Å². The molecule has 0 bridgehead atoms. The van der Waals surface area contributed by atoms with Crippen LogP contribution in [-0.4, -0.2) is 27.2 Å². The number of rotatable bonds is 6. The maximum Gasteiger partial charge on any atom is 0.435 e. The number of carbonyl (C=O) groups is 1. The van der Waals surface area contributed by atoms with E-state index in [0.717, 1.165) is 11.6 Å². The lowest BCUT2D eigenvalue weighted by Crippen LogP contribution is -2.25. The molecule has 4 aromatic rings. The van der Waals surface area contributed by atoms with E-state index in [1.165, 1.54) is 10.9 Å². The van der Waals surface area contributed by atoms with Gasteiger partial charge in [-0.1, -0.05) is 30.3 Å². The fourth-order valence-corrected chi connectivity index (χ4v) is 3.26. The van der Waals surface area contributed by atoms with Crippen molar-refractivity contribution < 1.29 is 18.0 Å². The number of hydrogen-bond acceptors (Lipinski definition) is 3. The van der Waals surface area contributed by atoms with Gasteiger partial charge in [0, 0.05) is 30.1 Å². The highest BCUT2D eigenvalue weighted by molar-refractivity contribution is 5.94. The van der Waals surface area contributed by atoms with Crippen molar-refractivity contribution in [2.45, 2.75) is 12.6 Å². The highest BCUT2D eigenvalue weighted by Gasteiger charge is 2.35. The number of benzene rings is 2. The largest absolute Gasteiger partial charge is 0.435 e. The summed E-state index contributed by atoms with van der Waals surface area (Å²) in [5.74, 6) is -0.253. The second kappa shape index (κ2) is 9.05. The minimum Gasteiger partial charge on any atom is -0.352 e. The standard InChI is InChI=1S/C24H19F3N4O/c25-24(26,27)22-15-21(19-7-4-13-28-16-19)31(30-22)20-10-8-18(9-11-20)23(32)29-14-12-17-5-2-1-3-6-17/h1-11,13,15-16H,12,14H2,(H,29,32). The molecule has 0 unspecified atom stereocenters. The third kappa shape index (κ3) is 4.85. The van der Waals surface area contributed by atoms with Crippen molar-refractivity contribution in [2.24, 2.45) is 0 Å². The van der Waals surface area contributed by atoms with Crippen LogP contribution >= 0.6 is 0 Å². The molecule has 2 heterocycles. The molecule has 0 aliphatic carbocycles. The van der Waals surface area contributed by atoms with E-state index < -0.39 is 11.9 Å². The molecule has 8 heteroatoms. The quantitative estimate of drug-likeness (QED) is 0.467. The highest BCUT2D eigenvalue weighted by Crippen LogP contribution is 2.33. The lowest BCUT2D eigenvalue weighted by Gasteiger charge is -2.09. The van der Waals surface area contributed by atoms with E-state index in [1.807, 2.05) is 30.3 Å². The topological polar surface area (TPSA) is 59.8 Å². The molecule has 5 nitrogen and oxygen atoms in total. The van der Waals surface area contributed by atoms with Gasteiger partial charge in [0.25, 0.3) is 5.91 Å². The van der Waals surface area contributed by atoms with Gasteiger partial charge in [-0.25, -0.2) is 4.68 Å². The molecule has 2 aromatic heterocycles. The van der Waals surface area contributed by atoms with Crippen LogP contribution in [-0.2, 0) is 12.6 Å². The van der Waals surface area contributed by atoms with Crippen LogP contribution in [0.15, 0.2) is 85.2 Å². The third-order valence-electron chi connectivity index (χ3n) is 4.87. The Balaban J connectivity index is 1.53. The summed E-state index contributed by atoms with van der Waals surface area (Å²) in [5, 5.41) is 6.60. The van der Waals surface area contributed by atoms with Gasteiger partial charge in [0.15, 0.2) is 5.69 Å². The first kappa shape index (κ1) is 21.3. The Morgan fingerprint density at radius 1 is 0.969 bits per heavy atom. The van der Waals surface area contributed by atoms with Crippen molar-refractivity contribution in [3.05, 3.63) is 102 Å². The van der Waals surface area contributed by atoms with Crippen LogP contribution in [0.1, 0.15) is 21.6 Å².